The number of carbonyl (C=O) groups excluding carboxylic acids is 1. The number of methoxy groups -OCH3 is 1. The molecule has 6 nitrogen and oxygen atoms in total. The standard InChI is InChI=1S/C25H28N2O4/c1-30-20-6-4-5-19(15-20)23-7-2-3-8-24(23)26-25(29)18-11-13-27(14-12-18)16-21-9-10-22(17-28)31-21/h2-10,15,18,28H,11-14,16-17H2,1H3,(H,26,29). The average molecular weight is 421 g/mol. The van der Waals surface area contributed by atoms with Gasteiger partial charge in [0.25, 0.3) is 0 Å². The van der Waals surface area contributed by atoms with Crippen LogP contribution in [0.15, 0.2) is 65.1 Å². The van der Waals surface area contributed by atoms with Gasteiger partial charge in [0.2, 0.25) is 5.91 Å². The Morgan fingerprint density at radius 1 is 1.10 bits per heavy atom. The Labute approximate surface area is 182 Å². The summed E-state index contributed by atoms with van der Waals surface area (Å²) >= 11 is 0. The number of rotatable bonds is 7. The van der Waals surface area contributed by atoms with Gasteiger partial charge in [-0.2, -0.15) is 0 Å². The van der Waals surface area contributed by atoms with Gasteiger partial charge in [-0.25, -0.2) is 0 Å². The molecular weight excluding hydrogens is 392 g/mol. The lowest BCUT2D eigenvalue weighted by atomic mass is 9.95. The van der Waals surface area contributed by atoms with E-state index in [1.807, 2.05) is 54.6 Å². The fourth-order valence-electron chi connectivity index (χ4n) is 4.04. The zero-order valence-corrected chi connectivity index (χ0v) is 17.7. The minimum atomic E-state index is -0.0838. The largest absolute Gasteiger partial charge is 0.497 e. The number of piperidine rings is 1. The lowest BCUT2D eigenvalue weighted by Crippen LogP contribution is -2.37. The van der Waals surface area contributed by atoms with Crippen molar-refractivity contribution in [1.82, 2.24) is 4.90 Å². The summed E-state index contributed by atoms with van der Waals surface area (Å²) in [5.41, 5.74) is 2.80. The van der Waals surface area contributed by atoms with E-state index in [1.54, 1.807) is 13.2 Å². The molecule has 1 aromatic heterocycles. The van der Waals surface area contributed by atoms with Crippen molar-refractivity contribution in [2.24, 2.45) is 5.92 Å². The van der Waals surface area contributed by atoms with Crippen LogP contribution < -0.4 is 10.1 Å². The average Bonchev–Trinajstić information content (AvgIpc) is 3.27. The number of benzene rings is 2. The molecule has 162 valence electrons. The van der Waals surface area contributed by atoms with Crippen LogP contribution in [0.2, 0.25) is 0 Å². The Morgan fingerprint density at radius 3 is 2.61 bits per heavy atom. The lowest BCUT2D eigenvalue weighted by molar-refractivity contribution is -0.121. The third kappa shape index (κ3) is 5.16. The molecule has 6 heteroatoms. The van der Waals surface area contributed by atoms with E-state index < -0.39 is 0 Å². The van der Waals surface area contributed by atoms with Gasteiger partial charge in [0, 0.05) is 17.2 Å². The highest BCUT2D eigenvalue weighted by Crippen LogP contribution is 2.31. The molecule has 4 rings (SSSR count). The molecule has 3 aromatic rings. The fraction of sp³-hybridized carbons (Fsp3) is 0.320. The van der Waals surface area contributed by atoms with E-state index in [9.17, 15) is 4.79 Å². The first-order valence-electron chi connectivity index (χ1n) is 10.6. The first-order chi connectivity index (χ1) is 15.2. The maximum Gasteiger partial charge on any atom is 0.227 e. The maximum atomic E-state index is 13.0. The second-order valence-electron chi connectivity index (χ2n) is 7.84. The van der Waals surface area contributed by atoms with Crippen molar-refractivity contribution in [2.45, 2.75) is 26.0 Å². The monoisotopic (exact) mass is 420 g/mol. The highest BCUT2D eigenvalue weighted by atomic mass is 16.5. The molecule has 0 atom stereocenters. The number of para-hydroxylation sites is 1. The molecular formula is C25H28N2O4. The Morgan fingerprint density at radius 2 is 1.87 bits per heavy atom. The summed E-state index contributed by atoms with van der Waals surface area (Å²) < 4.78 is 10.9. The van der Waals surface area contributed by atoms with Gasteiger partial charge in [-0.3, -0.25) is 9.69 Å². The Hall–Kier alpha value is -3.09. The van der Waals surface area contributed by atoms with Gasteiger partial charge >= 0.3 is 0 Å². The molecule has 2 N–H and O–H groups in total. The molecule has 0 bridgehead atoms. The normalized spacial score (nSPS) is 15.0. The number of nitrogens with zero attached hydrogens (tertiary/aromatic N) is 1. The number of amides is 1. The molecule has 1 amide bonds. The van der Waals surface area contributed by atoms with E-state index in [2.05, 4.69) is 10.2 Å². The molecule has 1 fully saturated rings. The summed E-state index contributed by atoms with van der Waals surface area (Å²) in [6, 6.07) is 19.4. The van der Waals surface area contributed by atoms with Gasteiger partial charge in [-0.05, 0) is 61.8 Å². The number of aliphatic hydroxyl groups is 1. The topological polar surface area (TPSA) is 74.9 Å². The van der Waals surface area contributed by atoms with Gasteiger partial charge in [0.05, 0.1) is 13.7 Å². The summed E-state index contributed by atoms with van der Waals surface area (Å²) in [6.07, 6.45) is 1.61. The van der Waals surface area contributed by atoms with Crippen molar-refractivity contribution in [3.63, 3.8) is 0 Å². The number of hydrogen-bond donors (Lipinski definition) is 2. The summed E-state index contributed by atoms with van der Waals surface area (Å²) in [4.78, 5) is 15.3. The zero-order valence-electron chi connectivity index (χ0n) is 17.7. The lowest BCUT2D eigenvalue weighted by Gasteiger charge is -2.30. The molecule has 0 radical (unpaired) electrons. The second-order valence-corrected chi connectivity index (χ2v) is 7.84. The number of carbonyl (C=O) groups is 1. The van der Waals surface area contributed by atoms with Crippen molar-refractivity contribution < 1.29 is 19.1 Å². The van der Waals surface area contributed by atoms with Crippen LogP contribution in [0.5, 0.6) is 5.75 Å². The van der Waals surface area contributed by atoms with Crippen molar-refractivity contribution >= 4 is 11.6 Å². The molecule has 1 aliphatic rings. The zero-order chi connectivity index (χ0) is 21.6. The van der Waals surface area contributed by atoms with Crippen LogP contribution in [0.4, 0.5) is 5.69 Å². The van der Waals surface area contributed by atoms with E-state index in [4.69, 9.17) is 14.3 Å². The number of likely N-dealkylation sites (tertiary alicyclic amines) is 1. The molecule has 0 spiro atoms. The number of anilines is 1. The summed E-state index contributed by atoms with van der Waals surface area (Å²) in [7, 11) is 1.65. The highest BCUT2D eigenvalue weighted by Gasteiger charge is 2.26. The number of nitrogens with one attached hydrogen (secondary N) is 1. The summed E-state index contributed by atoms with van der Waals surface area (Å²) in [6.45, 7) is 2.29. The summed E-state index contributed by atoms with van der Waals surface area (Å²) in [5, 5.41) is 12.3. The van der Waals surface area contributed by atoms with Crippen molar-refractivity contribution in [3.8, 4) is 16.9 Å². The third-order valence-electron chi connectivity index (χ3n) is 5.78. The SMILES string of the molecule is COc1cccc(-c2ccccc2NC(=O)C2CCN(Cc3ccc(CO)o3)CC2)c1. The first kappa shape index (κ1) is 21.2. The van der Waals surface area contributed by atoms with Crippen molar-refractivity contribution in [2.75, 3.05) is 25.5 Å². The minimum Gasteiger partial charge on any atom is -0.497 e. The van der Waals surface area contributed by atoms with E-state index in [0.29, 0.717) is 12.3 Å². The first-order valence-corrected chi connectivity index (χ1v) is 10.6. The van der Waals surface area contributed by atoms with Crippen molar-refractivity contribution in [1.29, 1.82) is 0 Å². The number of ether oxygens (including phenoxy) is 1. The van der Waals surface area contributed by atoms with E-state index in [1.165, 1.54) is 0 Å². The number of furan rings is 1. The molecule has 1 saturated heterocycles. The van der Waals surface area contributed by atoms with Gasteiger partial charge in [-0.1, -0.05) is 30.3 Å². The molecule has 2 heterocycles. The van der Waals surface area contributed by atoms with Crippen LogP contribution in [-0.4, -0.2) is 36.1 Å². The third-order valence-corrected chi connectivity index (χ3v) is 5.78. The van der Waals surface area contributed by atoms with Crippen molar-refractivity contribution in [3.05, 3.63) is 72.2 Å². The molecule has 2 aromatic carbocycles. The minimum absolute atomic E-state index is 0.0146. The van der Waals surface area contributed by atoms with Gasteiger partial charge in [0.15, 0.2) is 0 Å². The Kier molecular flexibility index (Phi) is 6.70. The van der Waals surface area contributed by atoms with E-state index >= 15 is 0 Å². The Bertz CT molecular complexity index is 1020. The molecule has 1 aliphatic heterocycles. The molecule has 0 aliphatic carbocycles. The van der Waals surface area contributed by atoms with Gasteiger partial charge in [0.1, 0.15) is 23.9 Å². The van der Waals surface area contributed by atoms with Crippen LogP contribution in [0.25, 0.3) is 11.1 Å². The second kappa shape index (κ2) is 9.81. The summed E-state index contributed by atoms with van der Waals surface area (Å²) in [5.74, 6) is 2.27. The molecule has 0 saturated carbocycles. The highest BCUT2D eigenvalue weighted by molar-refractivity contribution is 5.96. The van der Waals surface area contributed by atoms with Gasteiger partial charge in [-0.15, -0.1) is 0 Å². The van der Waals surface area contributed by atoms with Crippen LogP contribution in [0, 0.1) is 5.92 Å². The maximum absolute atomic E-state index is 13.0. The number of hydrogen-bond acceptors (Lipinski definition) is 5. The fourth-order valence-corrected chi connectivity index (χ4v) is 4.04. The van der Waals surface area contributed by atoms with Crippen LogP contribution in [0.3, 0.4) is 0 Å². The van der Waals surface area contributed by atoms with Gasteiger partial charge < -0.3 is 19.6 Å². The number of aliphatic hydroxyl groups excluding tert-OH is 1. The van der Waals surface area contributed by atoms with E-state index in [0.717, 1.165) is 54.3 Å². The smallest absolute Gasteiger partial charge is 0.227 e. The van der Waals surface area contributed by atoms with E-state index in [-0.39, 0.29) is 18.4 Å². The Balaban J connectivity index is 1.37. The van der Waals surface area contributed by atoms with Crippen LogP contribution >= 0.6 is 0 Å². The predicted octanol–water partition coefficient (Wildman–Crippen LogP) is 4.30. The predicted molar refractivity (Wildman–Crippen MR) is 120 cm³/mol. The molecule has 31 heavy (non-hydrogen) atoms. The molecule has 0 unspecified atom stereocenters. The van der Waals surface area contributed by atoms with Crippen LogP contribution in [-0.2, 0) is 17.9 Å². The van der Waals surface area contributed by atoms with Crippen LogP contribution in [0.1, 0.15) is 24.4 Å². The quantitative estimate of drug-likeness (QED) is 0.596.